The summed E-state index contributed by atoms with van der Waals surface area (Å²) in [5, 5.41) is 3.97. The quantitative estimate of drug-likeness (QED) is 0.857. The molecule has 1 aliphatic rings. The van der Waals surface area contributed by atoms with Gasteiger partial charge in [0, 0.05) is 31.7 Å². The number of rotatable bonds is 5. The fourth-order valence-corrected chi connectivity index (χ4v) is 3.66. The lowest BCUT2D eigenvalue weighted by molar-refractivity contribution is 0.0754. The second-order valence-corrected chi connectivity index (χ2v) is 7.11. The van der Waals surface area contributed by atoms with Crippen LogP contribution in [-0.4, -0.2) is 57.0 Å². The van der Waals surface area contributed by atoms with Gasteiger partial charge in [0.2, 0.25) is 0 Å². The van der Waals surface area contributed by atoms with Crippen molar-refractivity contribution < 1.29 is 9.32 Å². The maximum atomic E-state index is 13.0. The van der Waals surface area contributed by atoms with E-state index in [2.05, 4.69) is 27.1 Å². The van der Waals surface area contributed by atoms with E-state index in [0.29, 0.717) is 41.8 Å². The maximum Gasteiger partial charge on any atom is 0.259 e. The lowest BCUT2D eigenvalue weighted by Crippen LogP contribution is -2.35. The Morgan fingerprint density at radius 3 is 2.96 bits per heavy atom. The molecular formula is C19H28N6O2. The van der Waals surface area contributed by atoms with Gasteiger partial charge in [-0.1, -0.05) is 12.1 Å². The van der Waals surface area contributed by atoms with E-state index >= 15 is 0 Å². The average Bonchev–Trinajstić information content (AvgIpc) is 2.86. The largest absolute Gasteiger partial charge is 0.384 e. The van der Waals surface area contributed by atoms with E-state index in [-0.39, 0.29) is 5.91 Å². The van der Waals surface area contributed by atoms with Gasteiger partial charge in [-0.15, -0.1) is 0 Å². The van der Waals surface area contributed by atoms with Crippen LogP contribution < -0.4 is 5.73 Å². The standard InChI is InChI=1S/C19H28N6O2/c1-4-15-18(13(2)23-27-15)19(26)25-10-5-6-14(8-11-25)24(3)12-17-21-9-7-16(20)22-17/h7,9,14H,4-6,8,10-12H2,1-3H3,(H2,20,21,22)/t14-/m0/s1. The molecule has 0 bridgehead atoms. The second kappa shape index (κ2) is 8.47. The monoisotopic (exact) mass is 372 g/mol. The van der Waals surface area contributed by atoms with Crippen LogP contribution in [0.2, 0.25) is 0 Å². The third-order valence-electron chi connectivity index (χ3n) is 5.19. The number of carbonyl (C=O) groups is 1. The number of nitrogen functional groups attached to an aromatic ring is 1. The Hall–Kier alpha value is -2.48. The maximum absolute atomic E-state index is 13.0. The predicted octanol–water partition coefficient (Wildman–Crippen LogP) is 2.04. The average molecular weight is 372 g/mol. The molecule has 1 amide bonds. The summed E-state index contributed by atoms with van der Waals surface area (Å²) in [5.41, 5.74) is 7.06. The van der Waals surface area contributed by atoms with Crippen molar-refractivity contribution in [1.82, 2.24) is 24.9 Å². The number of nitrogens with two attached hydrogens (primary N) is 1. The molecule has 2 N–H and O–H groups in total. The highest BCUT2D eigenvalue weighted by molar-refractivity contribution is 5.96. The molecule has 27 heavy (non-hydrogen) atoms. The third-order valence-corrected chi connectivity index (χ3v) is 5.19. The zero-order chi connectivity index (χ0) is 19.4. The van der Waals surface area contributed by atoms with Gasteiger partial charge >= 0.3 is 0 Å². The van der Waals surface area contributed by atoms with Gasteiger partial charge in [-0.25, -0.2) is 9.97 Å². The Morgan fingerprint density at radius 1 is 1.41 bits per heavy atom. The summed E-state index contributed by atoms with van der Waals surface area (Å²) in [6, 6.07) is 2.07. The third kappa shape index (κ3) is 4.44. The fraction of sp³-hybridized carbons (Fsp3) is 0.579. The van der Waals surface area contributed by atoms with E-state index in [1.165, 1.54) is 0 Å². The van der Waals surface area contributed by atoms with Crippen molar-refractivity contribution in [3.05, 3.63) is 35.1 Å². The van der Waals surface area contributed by atoms with Gasteiger partial charge in [0.25, 0.3) is 5.91 Å². The first kappa shape index (κ1) is 19.3. The minimum Gasteiger partial charge on any atom is -0.384 e. The van der Waals surface area contributed by atoms with Crippen molar-refractivity contribution >= 4 is 11.7 Å². The van der Waals surface area contributed by atoms with Crippen LogP contribution in [0.15, 0.2) is 16.8 Å². The first-order chi connectivity index (χ1) is 13.0. The van der Waals surface area contributed by atoms with Crippen LogP contribution in [0.25, 0.3) is 0 Å². The fourth-order valence-electron chi connectivity index (χ4n) is 3.66. The summed E-state index contributed by atoms with van der Waals surface area (Å²) >= 11 is 0. The molecule has 1 aliphatic heterocycles. The number of likely N-dealkylation sites (tertiary alicyclic amines) is 1. The molecule has 0 unspecified atom stereocenters. The Labute approximate surface area is 159 Å². The van der Waals surface area contributed by atoms with Gasteiger partial charge in [0.1, 0.15) is 23.0 Å². The lowest BCUT2D eigenvalue weighted by Gasteiger charge is -2.26. The van der Waals surface area contributed by atoms with Crippen LogP contribution in [0.5, 0.6) is 0 Å². The Balaban J connectivity index is 1.63. The first-order valence-electron chi connectivity index (χ1n) is 9.51. The number of aryl methyl sites for hydroxylation is 2. The molecule has 1 saturated heterocycles. The summed E-state index contributed by atoms with van der Waals surface area (Å²) < 4.78 is 5.29. The molecule has 0 spiro atoms. The predicted molar refractivity (Wildman–Crippen MR) is 102 cm³/mol. The number of aromatic nitrogens is 3. The zero-order valence-electron chi connectivity index (χ0n) is 16.3. The SMILES string of the molecule is CCc1onc(C)c1C(=O)N1CCC[C@H](N(C)Cc2nccc(N)n2)CC1. The van der Waals surface area contributed by atoms with Crippen LogP contribution >= 0.6 is 0 Å². The van der Waals surface area contributed by atoms with E-state index in [0.717, 1.165) is 38.2 Å². The van der Waals surface area contributed by atoms with E-state index in [4.69, 9.17) is 10.3 Å². The molecule has 0 radical (unpaired) electrons. The van der Waals surface area contributed by atoms with Gasteiger partial charge in [-0.3, -0.25) is 9.69 Å². The van der Waals surface area contributed by atoms with Crippen molar-refractivity contribution in [1.29, 1.82) is 0 Å². The molecule has 0 saturated carbocycles. The number of hydrogen-bond donors (Lipinski definition) is 1. The van der Waals surface area contributed by atoms with Gasteiger partial charge in [0.15, 0.2) is 0 Å². The molecule has 8 nitrogen and oxygen atoms in total. The first-order valence-corrected chi connectivity index (χ1v) is 9.51. The lowest BCUT2D eigenvalue weighted by atomic mass is 10.1. The zero-order valence-corrected chi connectivity index (χ0v) is 16.3. The topological polar surface area (TPSA) is 101 Å². The van der Waals surface area contributed by atoms with E-state index in [1.807, 2.05) is 18.7 Å². The Kier molecular flexibility index (Phi) is 6.05. The van der Waals surface area contributed by atoms with E-state index < -0.39 is 0 Å². The summed E-state index contributed by atoms with van der Waals surface area (Å²) in [6.07, 6.45) is 5.26. The molecule has 1 fully saturated rings. The highest BCUT2D eigenvalue weighted by Gasteiger charge is 2.28. The van der Waals surface area contributed by atoms with E-state index in [1.54, 1.807) is 12.3 Å². The molecule has 3 rings (SSSR count). The highest BCUT2D eigenvalue weighted by atomic mass is 16.5. The molecule has 0 aromatic carbocycles. The number of hydrogen-bond acceptors (Lipinski definition) is 7. The van der Waals surface area contributed by atoms with Gasteiger partial charge in [-0.2, -0.15) is 0 Å². The second-order valence-electron chi connectivity index (χ2n) is 7.11. The molecule has 146 valence electrons. The van der Waals surface area contributed by atoms with Crippen LogP contribution in [0.3, 0.4) is 0 Å². The number of amides is 1. The Morgan fingerprint density at radius 2 is 2.22 bits per heavy atom. The summed E-state index contributed by atoms with van der Waals surface area (Å²) in [7, 11) is 2.08. The van der Waals surface area contributed by atoms with Gasteiger partial charge < -0.3 is 15.2 Å². The normalized spacial score (nSPS) is 17.9. The van der Waals surface area contributed by atoms with Crippen molar-refractivity contribution in [3.8, 4) is 0 Å². The van der Waals surface area contributed by atoms with Crippen LogP contribution in [-0.2, 0) is 13.0 Å². The number of carbonyl (C=O) groups excluding carboxylic acids is 1. The van der Waals surface area contributed by atoms with E-state index in [9.17, 15) is 4.79 Å². The van der Waals surface area contributed by atoms with Gasteiger partial charge in [0.05, 0.1) is 12.2 Å². The molecule has 0 aliphatic carbocycles. The van der Waals surface area contributed by atoms with Crippen molar-refractivity contribution in [2.45, 2.75) is 52.1 Å². The summed E-state index contributed by atoms with van der Waals surface area (Å²) in [5.74, 6) is 1.92. The molecular weight excluding hydrogens is 344 g/mol. The van der Waals surface area contributed by atoms with Crippen molar-refractivity contribution in [2.24, 2.45) is 0 Å². The van der Waals surface area contributed by atoms with Crippen LogP contribution in [0, 0.1) is 6.92 Å². The van der Waals surface area contributed by atoms with Crippen molar-refractivity contribution in [2.75, 3.05) is 25.9 Å². The summed E-state index contributed by atoms with van der Waals surface area (Å²) in [4.78, 5) is 25.8. The molecule has 3 heterocycles. The van der Waals surface area contributed by atoms with Crippen molar-refractivity contribution in [3.63, 3.8) is 0 Å². The number of anilines is 1. The summed E-state index contributed by atoms with van der Waals surface area (Å²) in [6.45, 7) is 5.93. The van der Waals surface area contributed by atoms with Crippen LogP contribution in [0.1, 0.15) is 53.8 Å². The molecule has 2 aromatic rings. The van der Waals surface area contributed by atoms with Gasteiger partial charge in [-0.05, 0) is 39.3 Å². The molecule has 8 heteroatoms. The smallest absolute Gasteiger partial charge is 0.259 e. The molecule has 1 atom stereocenters. The van der Waals surface area contributed by atoms with Crippen LogP contribution in [0.4, 0.5) is 5.82 Å². The minimum atomic E-state index is 0.0352. The number of nitrogens with zero attached hydrogens (tertiary/aromatic N) is 5. The minimum absolute atomic E-state index is 0.0352. The Bertz CT molecular complexity index is 790. The highest BCUT2D eigenvalue weighted by Crippen LogP contribution is 2.22. The molecule has 2 aromatic heterocycles.